The van der Waals surface area contributed by atoms with E-state index >= 15 is 0 Å². The number of nitrogens with zero attached hydrogens (tertiary/aromatic N) is 2. The van der Waals surface area contributed by atoms with Gasteiger partial charge in [-0.15, -0.1) is 0 Å². The maximum Gasteiger partial charge on any atom is 0.255 e. The molecule has 0 bridgehead atoms. The fourth-order valence-electron chi connectivity index (χ4n) is 5.03. The molecule has 4 amide bonds. The number of fused-ring (bicyclic) bond motifs is 1. The van der Waals surface area contributed by atoms with Crippen LogP contribution in [0.5, 0.6) is 5.75 Å². The van der Waals surface area contributed by atoms with E-state index in [2.05, 4.69) is 17.4 Å². The van der Waals surface area contributed by atoms with E-state index < -0.39 is 11.9 Å². The highest BCUT2D eigenvalue weighted by molar-refractivity contribution is 6.37. The molecule has 3 aliphatic heterocycles. The predicted octanol–water partition coefficient (Wildman–Crippen LogP) is -2.10. The Morgan fingerprint density at radius 2 is 1.86 bits per heavy atom. The second-order valence-corrected chi connectivity index (χ2v) is 9.54. The van der Waals surface area contributed by atoms with Crippen LogP contribution in [0.25, 0.3) is 0 Å². The van der Waals surface area contributed by atoms with Gasteiger partial charge in [0.25, 0.3) is 5.91 Å². The first-order chi connectivity index (χ1) is 17.3. The number of morpholine rings is 1. The van der Waals surface area contributed by atoms with Crippen molar-refractivity contribution in [2.75, 3.05) is 19.8 Å². The van der Waals surface area contributed by atoms with Crippen molar-refractivity contribution < 1.29 is 28.7 Å². The molecular weight excluding hydrogens is 460 g/mol. The SMILES string of the molecule is Bc1cc(CN2CCOCC2=O)c(B)cc1COc1cccc2c1CN(C1CCC(=O)NC1=O)C2=O. The van der Waals surface area contributed by atoms with Gasteiger partial charge < -0.3 is 19.3 Å². The zero-order valence-electron chi connectivity index (χ0n) is 20.5. The molecule has 2 saturated heterocycles. The summed E-state index contributed by atoms with van der Waals surface area (Å²) in [6, 6.07) is 8.88. The molecule has 5 rings (SSSR count). The monoisotopic (exact) mass is 487 g/mol. The minimum Gasteiger partial charge on any atom is -0.489 e. The van der Waals surface area contributed by atoms with Crippen molar-refractivity contribution in [2.24, 2.45) is 0 Å². The number of ether oxygens (including phenoxy) is 2. The largest absolute Gasteiger partial charge is 0.489 e. The normalized spacial score (nSPS) is 19.9. The highest BCUT2D eigenvalue weighted by Crippen LogP contribution is 2.33. The summed E-state index contributed by atoms with van der Waals surface area (Å²) in [6.07, 6.45) is 0.537. The second-order valence-electron chi connectivity index (χ2n) is 9.54. The van der Waals surface area contributed by atoms with E-state index in [0.29, 0.717) is 44.0 Å². The third-order valence-electron chi connectivity index (χ3n) is 7.16. The van der Waals surface area contributed by atoms with Crippen LogP contribution in [-0.4, -0.2) is 74.9 Å². The minimum atomic E-state index is -0.661. The van der Waals surface area contributed by atoms with Gasteiger partial charge in [-0.3, -0.25) is 24.5 Å². The maximum atomic E-state index is 13.0. The molecule has 0 spiro atoms. The Morgan fingerprint density at radius 3 is 2.64 bits per heavy atom. The molecule has 2 aromatic carbocycles. The van der Waals surface area contributed by atoms with E-state index in [0.717, 1.165) is 27.6 Å². The zero-order chi connectivity index (χ0) is 25.4. The molecular formula is C25H27B2N3O6. The molecule has 184 valence electrons. The minimum absolute atomic E-state index is 0.00421. The Hall–Kier alpha value is -3.59. The Morgan fingerprint density at radius 1 is 1.08 bits per heavy atom. The molecule has 2 aromatic rings. The summed E-state index contributed by atoms with van der Waals surface area (Å²) >= 11 is 0. The van der Waals surface area contributed by atoms with Crippen LogP contribution in [0.15, 0.2) is 30.3 Å². The first-order valence-corrected chi connectivity index (χ1v) is 12.2. The Labute approximate surface area is 210 Å². The van der Waals surface area contributed by atoms with E-state index in [9.17, 15) is 19.2 Å². The lowest BCUT2D eigenvalue weighted by Gasteiger charge is -2.29. The van der Waals surface area contributed by atoms with Gasteiger partial charge in [0.05, 0.1) is 13.2 Å². The number of carbonyl (C=O) groups is 4. The van der Waals surface area contributed by atoms with Gasteiger partial charge in [-0.25, -0.2) is 0 Å². The van der Waals surface area contributed by atoms with Gasteiger partial charge in [0, 0.05) is 30.6 Å². The molecule has 0 radical (unpaired) electrons. The van der Waals surface area contributed by atoms with Crippen LogP contribution in [0, 0.1) is 0 Å². The topological polar surface area (TPSA) is 105 Å². The lowest BCUT2D eigenvalue weighted by Crippen LogP contribution is -2.52. The van der Waals surface area contributed by atoms with Gasteiger partial charge in [0.2, 0.25) is 17.7 Å². The molecule has 11 heteroatoms. The first kappa shape index (κ1) is 24.1. The summed E-state index contributed by atoms with van der Waals surface area (Å²) in [5.41, 5.74) is 5.53. The molecule has 2 fully saturated rings. The van der Waals surface area contributed by atoms with E-state index in [1.165, 1.54) is 4.90 Å². The van der Waals surface area contributed by atoms with Crippen molar-refractivity contribution in [3.8, 4) is 5.75 Å². The van der Waals surface area contributed by atoms with Crippen LogP contribution in [0.2, 0.25) is 0 Å². The highest BCUT2D eigenvalue weighted by atomic mass is 16.5. The number of hydrogen-bond acceptors (Lipinski definition) is 6. The van der Waals surface area contributed by atoms with Gasteiger partial charge in [-0.1, -0.05) is 29.1 Å². The van der Waals surface area contributed by atoms with Crippen LogP contribution in [0.4, 0.5) is 0 Å². The molecule has 3 heterocycles. The van der Waals surface area contributed by atoms with Gasteiger partial charge in [0.15, 0.2) is 0 Å². The van der Waals surface area contributed by atoms with Crippen molar-refractivity contribution in [3.63, 3.8) is 0 Å². The fourth-order valence-corrected chi connectivity index (χ4v) is 5.03. The quantitative estimate of drug-likeness (QED) is 0.370. The van der Waals surface area contributed by atoms with Gasteiger partial charge in [0.1, 0.15) is 40.7 Å². The highest BCUT2D eigenvalue weighted by Gasteiger charge is 2.40. The average molecular weight is 487 g/mol. The van der Waals surface area contributed by atoms with Crippen molar-refractivity contribution >= 4 is 50.2 Å². The number of piperidine rings is 1. The van der Waals surface area contributed by atoms with E-state index in [-0.39, 0.29) is 37.3 Å². The van der Waals surface area contributed by atoms with E-state index in [4.69, 9.17) is 9.47 Å². The number of carbonyl (C=O) groups excluding carboxylic acids is 4. The number of imide groups is 1. The van der Waals surface area contributed by atoms with Crippen LogP contribution >= 0.6 is 0 Å². The van der Waals surface area contributed by atoms with Crippen LogP contribution in [0.3, 0.4) is 0 Å². The second kappa shape index (κ2) is 9.81. The van der Waals surface area contributed by atoms with E-state index in [1.54, 1.807) is 12.1 Å². The van der Waals surface area contributed by atoms with Crippen LogP contribution in [0.1, 0.15) is 39.9 Å². The Kier molecular flexibility index (Phi) is 6.57. The molecule has 0 aromatic heterocycles. The van der Waals surface area contributed by atoms with Crippen LogP contribution < -0.4 is 21.0 Å². The molecule has 1 N–H and O–H groups in total. The van der Waals surface area contributed by atoms with Gasteiger partial charge in [-0.05, 0) is 29.7 Å². The van der Waals surface area contributed by atoms with E-state index in [1.807, 2.05) is 26.7 Å². The molecule has 9 nitrogen and oxygen atoms in total. The summed E-state index contributed by atoms with van der Waals surface area (Å²) in [4.78, 5) is 52.4. The predicted molar refractivity (Wildman–Crippen MR) is 136 cm³/mol. The maximum absolute atomic E-state index is 13.0. The lowest BCUT2D eigenvalue weighted by atomic mass is 9.81. The standard InChI is InChI=1S/C25H27B2N3O6/c26-18-9-15(19(27)8-14(18)10-29-6-7-35-13-23(29)32)12-36-21-3-1-2-16-17(21)11-30(25(16)34)20-4-5-22(31)28-24(20)33/h1-3,8-9,20H,4-7,10-13,26-27H2,(H,28,31,33). The molecule has 0 aliphatic carbocycles. The Bertz CT molecular complexity index is 1270. The fraction of sp³-hybridized carbons (Fsp3) is 0.360. The summed E-state index contributed by atoms with van der Waals surface area (Å²) in [5, 5.41) is 2.33. The molecule has 36 heavy (non-hydrogen) atoms. The average Bonchev–Trinajstić information content (AvgIpc) is 3.18. The van der Waals surface area contributed by atoms with Crippen molar-refractivity contribution in [1.29, 1.82) is 0 Å². The summed E-state index contributed by atoms with van der Waals surface area (Å²) in [5.74, 6) is -0.350. The first-order valence-electron chi connectivity index (χ1n) is 12.2. The number of rotatable bonds is 6. The molecule has 3 aliphatic rings. The van der Waals surface area contributed by atoms with Crippen molar-refractivity contribution in [1.82, 2.24) is 15.1 Å². The molecule has 1 atom stereocenters. The van der Waals surface area contributed by atoms with Crippen molar-refractivity contribution in [3.05, 3.63) is 52.6 Å². The third-order valence-corrected chi connectivity index (χ3v) is 7.16. The molecule has 0 saturated carbocycles. The smallest absolute Gasteiger partial charge is 0.255 e. The summed E-state index contributed by atoms with van der Waals surface area (Å²) < 4.78 is 11.4. The number of nitrogens with one attached hydrogen (secondary N) is 1. The zero-order valence-corrected chi connectivity index (χ0v) is 20.5. The number of amides is 4. The Balaban J connectivity index is 1.29. The van der Waals surface area contributed by atoms with Crippen LogP contribution in [-0.2, 0) is 38.8 Å². The van der Waals surface area contributed by atoms with Gasteiger partial charge >= 0.3 is 0 Å². The lowest BCUT2D eigenvalue weighted by molar-refractivity contribution is -0.143. The van der Waals surface area contributed by atoms with Gasteiger partial charge in [-0.2, -0.15) is 0 Å². The molecule has 1 unspecified atom stereocenters. The number of hydrogen-bond donors (Lipinski definition) is 1. The van der Waals surface area contributed by atoms with Crippen molar-refractivity contribution in [2.45, 2.75) is 38.6 Å². The summed E-state index contributed by atoms with van der Waals surface area (Å²) in [7, 11) is 4.05. The summed E-state index contributed by atoms with van der Waals surface area (Å²) in [6.45, 7) is 2.43. The third kappa shape index (κ3) is 4.63. The number of benzene rings is 2.